The van der Waals surface area contributed by atoms with Gasteiger partial charge in [-0.2, -0.15) is 5.01 Å². The standard InChI is InChI=1S/C14H25N5O2S/c1-10-4-6-14(7-5-10)11(20)19(13(21)16-14)17-12(22)15-8-9-18(2)3/h10H,4-9H2,1-3H3,(H,16,21)(H2,15,17,22)/p+1. The van der Waals surface area contributed by atoms with E-state index >= 15 is 0 Å². The Balaban J connectivity index is 1.90. The molecule has 1 saturated heterocycles. The molecular formula is C14H26N5O2S+. The van der Waals surface area contributed by atoms with Crippen molar-refractivity contribution in [3.8, 4) is 0 Å². The van der Waals surface area contributed by atoms with E-state index in [-0.39, 0.29) is 5.91 Å². The van der Waals surface area contributed by atoms with Gasteiger partial charge in [0.1, 0.15) is 5.54 Å². The lowest BCUT2D eigenvalue weighted by molar-refractivity contribution is -0.856. The number of hydrogen-bond acceptors (Lipinski definition) is 3. The molecule has 0 radical (unpaired) electrons. The van der Waals surface area contributed by atoms with Crippen LogP contribution in [0.2, 0.25) is 0 Å². The van der Waals surface area contributed by atoms with Gasteiger partial charge in [-0.25, -0.2) is 4.79 Å². The average Bonchev–Trinajstić information content (AvgIpc) is 2.67. The van der Waals surface area contributed by atoms with Gasteiger partial charge in [-0.3, -0.25) is 10.2 Å². The Hall–Kier alpha value is -1.41. The topological polar surface area (TPSA) is 77.9 Å². The Morgan fingerprint density at radius 1 is 1.41 bits per heavy atom. The first kappa shape index (κ1) is 17.0. The highest BCUT2D eigenvalue weighted by atomic mass is 32.1. The van der Waals surface area contributed by atoms with E-state index in [0.29, 0.717) is 30.4 Å². The monoisotopic (exact) mass is 328 g/mol. The summed E-state index contributed by atoms with van der Waals surface area (Å²) >= 11 is 5.15. The summed E-state index contributed by atoms with van der Waals surface area (Å²) in [6.45, 7) is 3.75. The maximum atomic E-state index is 12.6. The Kier molecular flexibility index (Phi) is 5.23. The molecule has 1 spiro atoms. The number of quaternary nitrogens is 1. The second kappa shape index (κ2) is 6.78. The zero-order valence-electron chi connectivity index (χ0n) is 13.5. The van der Waals surface area contributed by atoms with Crippen molar-refractivity contribution in [1.82, 2.24) is 21.1 Å². The van der Waals surface area contributed by atoms with Crippen LogP contribution in [0.3, 0.4) is 0 Å². The summed E-state index contributed by atoms with van der Waals surface area (Å²) in [5.74, 6) is 0.389. The highest BCUT2D eigenvalue weighted by molar-refractivity contribution is 7.80. The molecule has 0 unspecified atom stereocenters. The van der Waals surface area contributed by atoms with Crippen molar-refractivity contribution in [3.05, 3.63) is 0 Å². The minimum absolute atomic E-state index is 0.216. The molecule has 1 aliphatic heterocycles. The zero-order valence-corrected chi connectivity index (χ0v) is 14.3. The van der Waals surface area contributed by atoms with Gasteiger partial charge in [0.25, 0.3) is 5.91 Å². The highest BCUT2D eigenvalue weighted by Gasteiger charge is 2.52. The minimum atomic E-state index is -0.736. The lowest BCUT2D eigenvalue weighted by Crippen LogP contribution is -3.06. The fraction of sp³-hybridized carbons (Fsp3) is 0.786. The van der Waals surface area contributed by atoms with Crippen molar-refractivity contribution in [3.63, 3.8) is 0 Å². The van der Waals surface area contributed by atoms with E-state index in [1.165, 1.54) is 4.90 Å². The SMILES string of the molecule is CC1CCC2(CC1)NC(=O)N(NC(=S)NCC[NH+](C)C)C2=O. The fourth-order valence-corrected chi connectivity index (χ4v) is 3.08. The molecule has 0 atom stereocenters. The summed E-state index contributed by atoms with van der Waals surface area (Å²) in [5, 5.41) is 7.18. The molecule has 2 rings (SSSR count). The number of urea groups is 1. The predicted octanol–water partition coefficient (Wildman–Crippen LogP) is -0.989. The van der Waals surface area contributed by atoms with Crippen LogP contribution in [-0.2, 0) is 4.79 Å². The molecule has 22 heavy (non-hydrogen) atoms. The van der Waals surface area contributed by atoms with E-state index in [2.05, 4.69) is 23.0 Å². The van der Waals surface area contributed by atoms with E-state index in [4.69, 9.17) is 12.2 Å². The second-order valence-corrected chi connectivity index (χ2v) is 7.07. The molecule has 8 heteroatoms. The third kappa shape index (κ3) is 3.67. The van der Waals surface area contributed by atoms with Crippen LogP contribution in [0.4, 0.5) is 4.79 Å². The van der Waals surface area contributed by atoms with Gasteiger partial charge in [-0.1, -0.05) is 6.92 Å². The number of carbonyl (C=O) groups excluding carboxylic acids is 2. The predicted molar refractivity (Wildman–Crippen MR) is 87.2 cm³/mol. The molecule has 124 valence electrons. The molecule has 2 fully saturated rings. The van der Waals surface area contributed by atoms with E-state index in [0.717, 1.165) is 24.4 Å². The summed E-state index contributed by atoms with van der Waals surface area (Å²) in [5.41, 5.74) is 1.98. The number of nitrogens with one attached hydrogen (secondary N) is 4. The van der Waals surface area contributed by atoms with E-state index < -0.39 is 11.6 Å². The van der Waals surface area contributed by atoms with Gasteiger partial charge < -0.3 is 15.5 Å². The molecule has 7 nitrogen and oxygen atoms in total. The number of carbonyl (C=O) groups is 2. The molecule has 1 saturated carbocycles. The van der Waals surface area contributed by atoms with Crippen LogP contribution >= 0.6 is 12.2 Å². The Labute approximate surface area is 136 Å². The van der Waals surface area contributed by atoms with Crippen molar-refractivity contribution in [1.29, 1.82) is 0 Å². The van der Waals surface area contributed by atoms with Crippen LogP contribution < -0.4 is 21.0 Å². The quantitative estimate of drug-likeness (QED) is 0.394. The van der Waals surface area contributed by atoms with Gasteiger partial charge in [-0.15, -0.1) is 0 Å². The molecule has 0 bridgehead atoms. The van der Waals surface area contributed by atoms with Crippen molar-refractivity contribution in [2.75, 3.05) is 27.2 Å². The minimum Gasteiger partial charge on any atom is -0.356 e. The Bertz CT molecular complexity index is 460. The van der Waals surface area contributed by atoms with Crippen LogP contribution in [0.1, 0.15) is 32.6 Å². The molecule has 0 aromatic carbocycles. The number of likely N-dealkylation sites (N-methyl/N-ethyl adjacent to an activating group) is 1. The highest BCUT2D eigenvalue weighted by Crippen LogP contribution is 2.35. The third-order valence-corrected chi connectivity index (χ3v) is 4.65. The molecule has 0 aromatic heterocycles. The summed E-state index contributed by atoms with van der Waals surface area (Å²) in [6.07, 6.45) is 3.30. The number of thiocarbonyl (C=S) groups is 1. The fourth-order valence-electron chi connectivity index (χ4n) is 2.88. The number of rotatable bonds is 4. The summed E-state index contributed by atoms with van der Waals surface area (Å²) in [7, 11) is 4.09. The van der Waals surface area contributed by atoms with Crippen molar-refractivity contribution in [2.45, 2.75) is 38.1 Å². The van der Waals surface area contributed by atoms with Gasteiger partial charge in [0.15, 0.2) is 5.11 Å². The van der Waals surface area contributed by atoms with Crippen molar-refractivity contribution in [2.24, 2.45) is 5.92 Å². The molecule has 0 aromatic rings. The average molecular weight is 328 g/mol. The number of hydrazine groups is 1. The molecule has 1 aliphatic carbocycles. The number of imide groups is 1. The Morgan fingerprint density at radius 3 is 2.64 bits per heavy atom. The number of amides is 3. The molecular weight excluding hydrogens is 302 g/mol. The summed E-state index contributed by atoms with van der Waals surface area (Å²) in [4.78, 5) is 26.0. The van der Waals surface area contributed by atoms with Gasteiger partial charge in [0.05, 0.1) is 27.2 Å². The van der Waals surface area contributed by atoms with E-state index in [1.807, 2.05) is 14.1 Å². The van der Waals surface area contributed by atoms with Crippen LogP contribution in [0.25, 0.3) is 0 Å². The Morgan fingerprint density at radius 2 is 2.05 bits per heavy atom. The second-order valence-electron chi connectivity index (χ2n) is 6.66. The third-order valence-electron chi connectivity index (χ3n) is 4.41. The summed E-state index contributed by atoms with van der Waals surface area (Å²) < 4.78 is 0. The lowest BCUT2D eigenvalue weighted by Gasteiger charge is -2.33. The zero-order chi connectivity index (χ0) is 16.3. The van der Waals surface area contributed by atoms with Crippen molar-refractivity contribution >= 4 is 29.3 Å². The van der Waals surface area contributed by atoms with Crippen LogP contribution in [0.15, 0.2) is 0 Å². The van der Waals surface area contributed by atoms with Crippen molar-refractivity contribution < 1.29 is 14.5 Å². The first-order valence-electron chi connectivity index (χ1n) is 7.84. The lowest BCUT2D eigenvalue weighted by atomic mass is 9.77. The smallest absolute Gasteiger partial charge is 0.344 e. The van der Waals surface area contributed by atoms with Gasteiger partial charge >= 0.3 is 6.03 Å². The van der Waals surface area contributed by atoms with Gasteiger partial charge in [0, 0.05) is 0 Å². The normalized spacial score (nSPS) is 28.2. The molecule has 2 aliphatic rings. The first-order valence-corrected chi connectivity index (χ1v) is 8.25. The molecule has 3 amide bonds. The molecule has 4 N–H and O–H groups in total. The van der Waals surface area contributed by atoms with Crippen LogP contribution in [0.5, 0.6) is 0 Å². The largest absolute Gasteiger partial charge is 0.356 e. The van der Waals surface area contributed by atoms with Crippen LogP contribution in [0, 0.1) is 5.92 Å². The maximum absolute atomic E-state index is 12.6. The summed E-state index contributed by atoms with van der Waals surface area (Å²) in [6, 6.07) is -0.415. The van der Waals surface area contributed by atoms with E-state index in [9.17, 15) is 9.59 Å². The first-order chi connectivity index (χ1) is 10.3. The maximum Gasteiger partial charge on any atom is 0.344 e. The van der Waals surface area contributed by atoms with Gasteiger partial charge in [-0.05, 0) is 43.8 Å². The number of nitrogens with zero attached hydrogens (tertiary/aromatic N) is 1. The van der Waals surface area contributed by atoms with Gasteiger partial charge in [0.2, 0.25) is 0 Å². The molecule has 1 heterocycles. The number of hydrogen-bond donors (Lipinski definition) is 4. The van der Waals surface area contributed by atoms with Crippen LogP contribution in [-0.4, -0.2) is 54.8 Å². The van der Waals surface area contributed by atoms with E-state index in [1.54, 1.807) is 0 Å².